The molecular formula is C15H24F3N5O2. The van der Waals surface area contributed by atoms with Crippen LogP contribution in [-0.4, -0.2) is 77.2 Å². The normalized spacial score (nSPS) is 22.0. The van der Waals surface area contributed by atoms with E-state index in [9.17, 15) is 18.0 Å². The molecule has 25 heavy (non-hydrogen) atoms. The molecule has 1 fully saturated rings. The Morgan fingerprint density at radius 2 is 2.04 bits per heavy atom. The van der Waals surface area contributed by atoms with E-state index in [1.54, 1.807) is 7.05 Å². The SMILES string of the molecule is C[C@@H]1CN(CCN(C)C(=O)Nc2cnn(CC(F)(F)F)c2)C[C@H](C)O1. The van der Waals surface area contributed by atoms with E-state index >= 15 is 0 Å². The number of aromatic nitrogens is 2. The van der Waals surface area contributed by atoms with Gasteiger partial charge in [-0.05, 0) is 13.8 Å². The summed E-state index contributed by atoms with van der Waals surface area (Å²) >= 11 is 0. The third kappa shape index (κ3) is 6.54. The van der Waals surface area contributed by atoms with Crippen molar-refractivity contribution in [3.63, 3.8) is 0 Å². The fourth-order valence-corrected chi connectivity index (χ4v) is 2.78. The first-order chi connectivity index (χ1) is 11.6. The van der Waals surface area contributed by atoms with Crippen molar-refractivity contribution in [1.29, 1.82) is 0 Å². The molecule has 0 bridgehead atoms. The van der Waals surface area contributed by atoms with Crippen molar-refractivity contribution >= 4 is 11.7 Å². The molecule has 0 unspecified atom stereocenters. The van der Waals surface area contributed by atoms with Gasteiger partial charge in [0, 0.05) is 39.4 Å². The van der Waals surface area contributed by atoms with E-state index in [0.717, 1.165) is 24.0 Å². The van der Waals surface area contributed by atoms with E-state index in [4.69, 9.17) is 4.74 Å². The van der Waals surface area contributed by atoms with Crippen molar-refractivity contribution < 1.29 is 22.7 Å². The highest BCUT2D eigenvalue weighted by Crippen LogP contribution is 2.18. The standard InChI is InChI=1S/C15H24F3N5O2/c1-11-7-22(8-12(2)25-11)5-4-21(3)14(24)20-13-6-19-23(9-13)10-15(16,17)18/h6,9,11-12H,4-5,7-8,10H2,1-3H3,(H,20,24)/t11-,12+. The van der Waals surface area contributed by atoms with E-state index in [1.165, 1.54) is 11.1 Å². The molecule has 0 saturated carbocycles. The Morgan fingerprint density at radius 3 is 2.64 bits per heavy atom. The van der Waals surface area contributed by atoms with Gasteiger partial charge in [0.25, 0.3) is 0 Å². The molecule has 0 radical (unpaired) electrons. The van der Waals surface area contributed by atoms with Gasteiger partial charge in [-0.3, -0.25) is 9.58 Å². The molecule has 10 heteroatoms. The summed E-state index contributed by atoms with van der Waals surface area (Å²) < 4.78 is 43.3. The maximum atomic E-state index is 12.3. The second-order valence-electron chi connectivity index (χ2n) is 6.41. The minimum atomic E-state index is -4.35. The van der Waals surface area contributed by atoms with E-state index in [2.05, 4.69) is 15.3 Å². The second kappa shape index (κ2) is 8.05. The molecule has 1 saturated heterocycles. The van der Waals surface area contributed by atoms with Gasteiger partial charge in [-0.1, -0.05) is 0 Å². The van der Waals surface area contributed by atoms with Crippen molar-refractivity contribution in [1.82, 2.24) is 19.6 Å². The zero-order chi connectivity index (χ0) is 18.6. The lowest BCUT2D eigenvalue weighted by atomic mass is 10.2. The number of alkyl halides is 3. The number of nitrogens with one attached hydrogen (secondary N) is 1. The van der Waals surface area contributed by atoms with Crippen LogP contribution in [0.4, 0.5) is 23.7 Å². The van der Waals surface area contributed by atoms with Crippen molar-refractivity contribution in [2.45, 2.75) is 38.8 Å². The summed E-state index contributed by atoms with van der Waals surface area (Å²) in [6, 6.07) is -0.388. The number of nitrogens with zero attached hydrogens (tertiary/aromatic N) is 4. The molecule has 0 aliphatic carbocycles. The number of urea groups is 1. The quantitative estimate of drug-likeness (QED) is 0.869. The van der Waals surface area contributed by atoms with Crippen LogP contribution in [-0.2, 0) is 11.3 Å². The largest absolute Gasteiger partial charge is 0.408 e. The maximum absolute atomic E-state index is 12.3. The molecule has 2 heterocycles. The first kappa shape index (κ1) is 19.5. The van der Waals surface area contributed by atoms with Gasteiger partial charge < -0.3 is 15.0 Å². The molecule has 2 atom stereocenters. The molecule has 1 N–H and O–H groups in total. The van der Waals surface area contributed by atoms with Crippen LogP contribution in [0.1, 0.15) is 13.8 Å². The number of morpholine rings is 1. The molecule has 142 valence electrons. The average Bonchev–Trinajstić information content (AvgIpc) is 2.88. The first-order valence-electron chi connectivity index (χ1n) is 8.11. The molecule has 0 aromatic carbocycles. The van der Waals surface area contributed by atoms with Gasteiger partial charge in [-0.2, -0.15) is 18.3 Å². The van der Waals surface area contributed by atoms with Crippen LogP contribution in [0.3, 0.4) is 0 Å². The predicted molar refractivity (Wildman–Crippen MR) is 86.4 cm³/mol. The minimum Gasteiger partial charge on any atom is -0.373 e. The number of hydrogen-bond acceptors (Lipinski definition) is 4. The molecule has 1 aliphatic rings. The Bertz CT molecular complexity index is 568. The lowest BCUT2D eigenvalue weighted by Gasteiger charge is -2.36. The number of ether oxygens (including phenoxy) is 1. The Hall–Kier alpha value is -1.81. The molecule has 1 aliphatic heterocycles. The monoisotopic (exact) mass is 363 g/mol. The van der Waals surface area contributed by atoms with E-state index in [1.807, 2.05) is 13.8 Å². The molecule has 0 spiro atoms. The van der Waals surface area contributed by atoms with Crippen LogP contribution in [0.5, 0.6) is 0 Å². The van der Waals surface area contributed by atoms with E-state index in [-0.39, 0.29) is 23.9 Å². The van der Waals surface area contributed by atoms with Crippen molar-refractivity contribution in [2.24, 2.45) is 0 Å². The van der Waals surface area contributed by atoms with Gasteiger partial charge in [-0.15, -0.1) is 0 Å². The third-order valence-corrected chi connectivity index (χ3v) is 3.82. The highest BCUT2D eigenvalue weighted by molar-refractivity contribution is 5.88. The smallest absolute Gasteiger partial charge is 0.373 e. The lowest BCUT2D eigenvalue weighted by molar-refractivity contribution is -0.142. The van der Waals surface area contributed by atoms with Gasteiger partial charge in [0.15, 0.2) is 0 Å². The van der Waals surface area contributed by atoms with E-state index in [0.29, 0.717) is 13.1 Å². The highest BCUT2D eigenvalue weighted by Gasteiger charge is 2.28. The summed E-state index contributed by atoms with van der Waals surface area (Å²) in [4.78, 5) is 15.8. The van der Waals surface area contributed by atoms with Gasteiger partial charge in [0.2, 0.25) is 0 Å². The summed E-state index contributed by atoms with van der Waals surface area (Å²) in [7, 11) is 1.64. The van der Waals surface area contributed by atoms with Crippen LogP contribution in [0.25, 0.3) is 0 Å². The summed E-state index contributed by atoms with van der Waals surface area (Å²) in [6.07, 6.45) is -1.69. The number of rotatable bonds is 5. The van der Waals surface area contributed by atoms with Gasteiger partial charge in [0.1, 0.15) is 6.54 Å². The first-order valence-corrected chi connectivity index (χ1v) is 8.11. The fraction of sp³-hybridized carbons (Fsp3) is 0.733. The average molecular weight is 363 g/mol. The van der Waals surface area contributed by atoms with Crippen LogP contribution in [0, 0.1) is 0 Å². The Morgan fingerprint density at radius 1 is 1.40 bits per heavy atom. The summed E-state index contributed by atoms with van der Waals surface area (Å²) in [5.74, 6) is 0. The Balaban J connectivity index is 1.78. The molecular weight excluding hydrogens is 339 g/mol. The van der Waals surface area contributed by atoms with Crippen molar-refractivity contribution in [2.75, 3.05) is 38.5 Å². The van der Waals surface area contributed by atoms with Gasteiger partial charge >= 0.3 is 12.2 Å². The Kier molecular flexibility index (Phi) is 6.28. The molecule has 2 rings (SSSR count). The number of anilines is 1. The molecule has 1 aromatic heterocycles. The molecule has 1 aromatic rings. The highest BCUT2D eigenvalue weighted by atomic mass is 19.4. The number of halogens is 3. The number of carbonyl (C=O) groups excluding carboxylic acids is 1. The van der Waals surface area contributed by atoms with Crippen LogP contribution < -0.4 is 5.32 Å². The van der Waals surface area contributed by atoms with Gasteiger partial charge in [0.05, 0.1) is 24.1 Å². The zero-order valence-corrected chi connectivity index (χ0v) is 14.6. The topological polar surface area (TPSA) is 62.6 Å². The van der Waals surface area contributed by atoms with Crippen molar-refractivity contribution in [3.8, 4) is 0 Å². The summed E-state index contributed by atoms with van der Waals surface area (Å²) in [5, 5.41) is 6.14. The third-order valence-electron chi connectivity index (χ3n) is 3.82. The predicted octanol–water partition coefficient (Wildman–Crippen LogP) is 2.02. The number of carbonyl (C=O) groups is 1. The minimum absolute atomic E-state index is 0.155. The van der Waals surface area contributed by atoms with Gasteiger partial charge in [-0.25, -0.2) is 4.79 Å². The van der Waals surface area contributed by atoms with Crippen LogP contribution in [0.15, 0.2) is 12.4 Å². The number of hydrogen-bond donors (Lipinski definition) is 1. The Labute approximate surface area is 144 Å². The number of likely N-dealkylation sites (N-methyl/N-ethyl adjacent to an activating group) is 1. The van der Waals surface area contributed by atoms with Crippen molar-refractivity contribution in [3.05, 3.63) is 12.4 Å². The molecule has 7 nitrogen and oxygen atoms in total. The molecule has 2 amide bonds. The fourth-order valence-electron chi connectivity index (χ4n) is 2.78. The maximum Gasteiger partial charge on any atom is 0.408 e. The van der Waals surface area contributed by atoms with Crippen LogP contribution >= 0.6 is 0 Å². The summed E-state index contributed by atoms with van der Waals surface area (Å²) in [5.41, 5.74) is 0.231. The zero-order valence-electron chi connectivity index (χ0n) is 14.6. The number of amides is 2. The second-order valence-corrected chi connectivity index (χ2v) is 6.41. The lowest BCUT2D eigenvalue weighted by Crippen LogP contribution is -2.48. The van der Waals surface area contributed by atoms with E-state index < -0.39 is 12.7 Å². The van der Waals surface area contributed by atoms with Crippen LogP contribution in [0.2, 0.25) is 0 Å². The summed E-state index contributed by atoms with van der Waals surface area (Å²) in [6.45, 7) is 5.66.